The Morgan fingerprint density at radius 2 is 2.06 bits per heavy atom. The van der Waals surface area contributed by atoms with E-state index in [9.17, 15) is 13.6 Å². The Hall–Kier alpha value is -0.870. The van der Waals surface area contributed by atoms with Crippen molar-refractivity contribution in [3.8, 4) is 0 Å². The van der Waals surface area contributed by atoms with Gasteiger partial charge in [-0.1, -0.05) is 29.3 Å². The van der Waals surface area contributed by atoms with E-state index in [0.717, 1.165) is 4.90 Å². The highest BCUT2D eigenvalue weighted by molar-refractivity contribution is 6.35. The van der Waals surface area contributed by atoms with E-state index in [4.69, 9.17) is 23.2 Å². The molecule has 16 heavy (non-hydrogen) atoms. The van der Waals surface area contributed by atoms with Crippen LogP contribution in [0.2, 0.25) is 10.0 Å². The van der Waals surface area contributed by atoms with Crippen molar-refractivity contribution in [2.24, 2.45) is 0 Å². The Morgan fingerprint density at radius 1 is 1.44 bits per heavy atom. The van der Waals surface area contributed by atoms with E-state index in [2.05, 4.69) is 0 Å². The van der Waals surface area contributed by atoms with Crippen LogP contribution in [0.25, 0.3) is 0 Å². The number of hydrogen-bond acceptors (Lipinski definition) is 1. The molecule has 0 radical (unpaired) electrons. The third-order valence-electron chi connectivity index (χ3n) is 1.99. The molecule has 0 N–H and O–H groups in total. The SMILES string of the molecule is CN(Cc1ccc(Cl)cc1Cl)C(=O)C(F)F. The van der Waals surface area contributed by atoms with Crippen molar-refractivity contribution in [3.63, 3.8) is 0 Å². The number of carbonyl (C=O) groups is 1. The highest BCUT2D eigenvalue weighted by Crippen LogP contribution is 2.22. The van der Waals surface area contributed by atoms with Crippen molar-refractivity contribution in [1.82, 2.24) is 4.90 Å². The minimum absolute atomic E-state index is 0.0270. The first-order chi connectivity index (χ1) is 7.41. The summed E-state index contributed by atoms with van der Waals surface area (Å²) in [7, 11) is 1.29. The first-order valence-electron chi connectivity index (χ1n) is 4.39. The van der Waals surface area contributed by atoms with Crippen molar-refractivity contribution in [2.45, 2.75) is 13.0 Å². The summed E-state index contributed by atoms with van der Waals surface area (Å²) in [6.07, 6.45) is -3.00. The van der Waals surface area contributed by atoms with Gasteiger partial charge in [-0.25, -0.2) is 0 Å². The second-order valence-electron chi connectivity index (χ2n) is 3.23. The molecular formula is C10H9Cl2F2NO. The number of rotatable bonds is 3. The number of alkyl halides is 2. The summed E-state index contributed by atoms with van der Waals surface area (Å²) in [5.41, 5.74) is 0.572. The summed E-state index contributed by atoms with van der Waals surface area (Å²) in [6.45, 7) is 0.0270. The minimum Gasteiger partial charge on any atom is -0.336 e. The molecule has 0 saturated carbocycles. The van der Waals surface area contributed by atoms with Gasteiger partial charge < -0.3 is 4.90 Å². The van der Waals surface area contributed by atoms with Crippen LogP contribution in [0.1, 0.15) is 5.56 Å². The average Bonchev–Trinajstić information content (AvgIpc) is 2.20. The fourth-order valence-electron chi connectivity index (χ4n) is 1.15. The third-order valence-corrected chi connectivity index (χ3v) is 2.57. The second-order valence-corrected chi connectivity index (χ2v) is 4.07. The maximum atomic E-state index is 12.1. The van der Waals surface area contributed by atoms with Gasteiger partial charge in [0.15, 0.2) is 0 Å². The Kier molecular flexibility index (Phi) is 4.50. The molecule has 0 atom stereocenters. The zero-order chi connectivity index (χ0) is 12.3. The van der Waals surface area contributed by atoms with E-state index in [0.29, 0.717) is 15.6 Å². The van der Waals surface area contributed by atoms with Gasteiger partial charge in [0.25, 0.3) is 5.91 Å². The number of hydrogen-bond donors (Lipinski definition) is 0. The predicted octanol–water partition coefficient (Wildman–Crippen LogP) is 3.22. The molecule has 1 amide bonds. The zero-order valence-corrected chi connectivity index (χ0v) is 9.90. The van der Waals surface area contributed by atoms with E-state index in [1.807, 2.05) is 0 Å². The Bertz CT molecular complexity index is 398. The van der Waals surface area contributed by atoms with Gasteiger partial charge in [0.05, 0.1) is 0 Å². The van der Waals surface area contributed by atoms with Crippen LogP contribution < -0.4 is 0 Å². The number of carbonyl (C=O) groups excluding carboxylic acids is 1. The summed E-state index contributed by atoms with van der Waals surface area (Å²) in [5, 5.41) is 0.804. The Balaban J connectivity index is 2.77. The lowest BCUT2D eigenvalue weighted by Gasteiger charge is -2.17. The molecule has 0 aromatic heterocycles. The molecule has 0 saturated heterocycles. The molecule has 1 aromatic carbocycles. The molecule has 0 fully saturated rings. The van der Waals surface area contributed by atoms with E-state index in [-0.39, 0.29) is 6.54 Å². The highest BCUT2D eigenvalue weighted by Gasteiger charge is 2.20. The maximum absolute atomic E-state index is 12.1. The summed E-state index contributed by atoms with van der Waals surface area (Å²) in [6, 6.07) is 4.68. The largest absolute Gasteiger partial charge is 0.336 e. The Labute approximate surface area is 102 Å². The van der Waals surface area contributed by atoms with Crippen LogP contribution in [0, 0.1) is 0 Å². The van der Waals surface area contributed by atoms with Crippen LogP contribution in [0.5, 0.6) is 0 Å². The lowest BCUT2D eigenvalue weighted by Crippen LogP contribution is -2.31. The van der Waals surface area contributed by atoms with Crippen LogP contribution in [0.15, 0.2) is 18.2 Å². The molecule has 0 unspecified atom stereocenters. The molecular weight excluding hydrogens is 259 g/mol. The first-order valence-corrected chi connectivity index (χ1v) is 5.14. The fourth-order valence-corrected chi connectivity index (χ4v) is 1.62. The van der Waals surface area contributed by atoms with Crippen molar-refractivity contribution >= 4 is 29.1 Å². The van der Waals surface area contributed by atoms with E-state index < -0.39 is 12.3 Å². The molecule has 0 aliphatic rings. The Morgan fingerprint density at radius 3 is 2.56 bits per heavy atom. The number of amides is 1. The van der Waals surface area contributed by atoms with Gasteiger partial charge >= 0.3 is 6.43 Å². The van der Waals surface area contributed by atoms with Crippen molar-refractivity contribution < 1.29 is 13.6 Å². The molecule has 0 aliphatic carbocycles. The van der Waals surface area contributed by atoms with Crippen molar-refractivity contribution in [3.05, 3.63) is 33.8 Å². The third kappa shape index (κ3) is 3.32. The number of benzene rings is 1. The molecule has 0 bridgehead atoms. The molecule has 2 nitrogen and oxygen atoms in total. The van der Waals surface area contributed by atoms with E-state index >= 15 is 0 Å². The number of nitrogens with zero attached hydrogens (tertiary/aromatic N) is 1. The molecule has 0 spiro atoms. The van der Waals surface area contributed by atoms with E-state index in [1.54, 1.807) is 12.1 Å². The summed E-state index contributed by atoms with van der Waals surface area (Å²) >= 11 is 11.5. The standard InChI is InChI=1S/C10H9Cl2F2NO/c1-15(10(16)9(13)14)5-6-2-3-7(11)4-8(6)12/h2-4,9H,5H2,1H3. The smallest absolute Gasteiger partial charge is 0.315 e. The van der Waals surface area contributed by atoms with Gasteiger partial charge in [-0.05, 0) is 17.7 Å². The van der Waals surface area contributed by atoms with Crippen LogP contribution in [0.4, 0.5) is 8.78 Å². The summed E-state index contributed by atoms with van der Waals surface area (Å²) < 4.78 is 24.2. The van der Waals surface area contributed by atoms with Crippen LogP contribution >= 0.6 is 23.2 Å². The van der Waals surface area contributed by atoms with Crippen molar-refractivity contribution in [1.29, 1.82) is 0 Å². The van der Waals surface area contributed by atoms with Gasteiger partial charge in [-0.3, -0.25) is 4.79 Å². The monoisotopic (exact) mass is 267 g/mol. The summed E-state index contributed by atoms with van der Waals surface area (Å²) in [4.78, 5) is 11.8. The van der Waals surface area contributed by atoms with Crippen LogP contribution in [-0.2, 0) is 11.3 Å². The predicted molar refractivity (Wildman–Crippen MR) is 58.9 cm³/mol. The van der Waals surface area contributed by atoms with Crippen LogP contribution in [0.3, 0.4) is 0 Å². The second kappa shape index (κ2) is 5.46. The zero-order valence-electron chi connectivity index (χ0n) is 8.38. The molecule has 6 heteroatoms. The highest BCUT2D eigenvalue weighted by atomic mass is 35.5. The molecule has 1 rings (SSSR count). The van der Waals surface area contributed by atoms with Gasteiger partial charge in [-0.15, -0.1) is 0 Å². The van der Waals surface area contributed by atoms with E-state index in [1.165, 1.54) is 13.1 Å². The fraction of sp³-hybridized carbons (Fsp3) is 0.300. The molecule has 0 heterocycles. The number of halogens is 4. The molecule has 1 aromatic rings. The quantitative estimate of drug-likeness (QED) is 0.824. The van der Waals surface area contributed by atoms with Crippen molar-refractivity contribution in [2.75, 3.05) is 7.05 Å². The van der Waals surface area contributed by atoms with Gasteiger partial charge in [0, 0.05) is 23.6 Å². The van der Waals surface area contributed by atoms with Gasteiger partial charge in [0.2, 0.25) is 0 Å². The summed E-state index contributed by atoms with van der Waals surface area (Å²) in [5.74, 6) is -1.23. The minimum atomic E-state index is -3.00. The lowest BCUT2D eigenvalue weighted by atomic mass is 10.2. The topological polar surface area (TPSA) is 20.3 Å². The maximum Gasteiger partial charge on any atom is 0.315 e. The normalized spacial score (nSPS) is 10.6. The van der Waals surface area contributed by atoms with Crippen LogP contribution in [-0.4, -0.2) is 24.3 Å². The molecule has 88 valence electrons. The average molecular weight is 268 g/mol. The van der Waals surface area contributed by atoms with Gasteiger partial charge in [-0.2, -0.15) is 8.78 Å². The first kappa shape index (κ1) is 13.2. The molecule has 0 aliphatic heterocycles. The lowest BCUT2D eigenvalue weighted by molar-refractivity contribution is -0.141. The van der Waals surface area contributed by atoms with Gasteiger partial charge in [0.1, 0.15) is 0 Å².